The van der Waals surface area contributed by atoms with Crippen LogP contribution in [0.4, 0.5) is 4.39 Å². The Balaban J connectivity index is 2.00. The van der Waals surface area contributed by atoms with E-state index in [1.54, 1.807) is 6.07 Å². The minimum absolute atomic E-state index is 0.172. The molecular weight excluding hydrogens is 428 g/mol. The molecule has 0 spiro atoms. The Labute approximate surface area is 160 Å². The van der Waals surface area contributed by atoms with Gasteiger partial charge in [0.2, 0.25) is 0 Å². The number of aliphatic imine (C=N–C) groups is 1. The highest BCUT2D eigenvalue weighted by Gasteiger charge is 2.45. The molecule has 3 heterocycles. The topological polar surface area (TPSA) is 29.7 Å². The summed E-state index contributed by atoms with van der Waals surface area (Å²) >= 11 is 2.25. The van der Waals surface area contributed by atoms with Crippen LogP contribution in [0.15, 0.2) is 47.6 Å². The van der Waals surface area contributed by atoms with Crippen molar-refractivity contribution in [1.29, 1.82) is 0 Å². The SMILES string of the molecule is CC1(C)N=C(c2cnn3c(I)ccc3c2)c2cccc(F)c2C1(C)C. The number of hydrogen-bond donors (Lipinski definition) is 0. The molecule has 1 aliphatic heterocycles. The molecule has 0 atom stereocenters. The molecule has 1 aliphatic rings. The minimum atomic E-state index is -0.430. The lowest BCUT2D eigenvalue weighted by atomic mass is 9.65. The van der Waals surface area contributed by atoms with Crippen LogP contribution in [0, 0.1) is 9.52 Å². The van der Waals surface area contributed by atoms with Crippen LogP contribution in [0.5, 0.6) is 0 Å². The number of halogens is 2. The Kier molecular flexibility index (Phi) is 3.58. The fourth-order valence-electron chi connectivity index (χ4n) is 3.46. The summed E-state index contributed by atoms with van der Waals surface area (Å²) in [5, 5.41) is 4.53. The molecule has 2 aromatic heterocycles. The van der Waals surface area contributed by atoms with E-state index in [4.69, 9.17) is 4.99 Å². The number of benzene rings is 1. The monoisotopic (exact) mass is 447 g/mol. The summed E-state index contributed by atoms with van der Waals surface area (Å²) in [5.74, 6) is -0.172. The molecule has 0 aliphatic carbocycles. The van der Waals surface area contributed by atoms with Crippen LogP contribution in [0.25, 0.3) is 5.52 Å². The average molecular weight is 447 g/mol. The van der Waals surface area contributed by atoms with Crippen molar-refractivity contribution in [1.82, 2.24) is 9.61 Å². The van der Waals surface area contributed by atoms with E-state index in [0.29, 0.717) is 0 Å². The Bertz CT molecular complexity index is 1030. The summed E-state index contributed by atoms with van der Waals surface area (Å²) in [4.78, 5) is 5.03. The third-order valence-electron chi connectivity index (χ3n) is 5.54. The van der Waals surface area contributed by atoms with Gasteiger partial charge in [-0.05, 0) is 60.7 Å². The van der Waals surface area contributed by atoms with Crippen molar-refractivity contribution in [2.75, 3.05) is 0 Å². The van der Waals surface area contributed by atoms with E-state index in [2.05, 4.69) is 61.5 Å². The predicted octanol–water partition coefficient (Wildman–Crippen LogP) is 4.99. The van der Waals surface area contributed by atoms with Crippen molar-refractivity contribution in [2.45, 2.75) is 38.6 Å². The second-order valence-electron chi connectivity index (χ2n) is 7.54. The van der Waals surface area contributed by atoms with Crippen LogP contribution >= 0.6 is 22.6 Å². The van der Waals surface area contributed by atoms with Gasteiger partial charge in [-0.25, -0.2) is 8.91 Å². The second-order valence-corrected chi connectivity index (χ2v) is 8.65. The highest BCUT2D eigenvalue weighted by atomic mass is 127. The van der Waals surface area contributed by atoms with Crippen LogP contribution in [0.2, 0.25) is 0 Å². The van der Waals surface area contributed by atoms with Gasteiger partial charge in [0.1, 0.15) is 9.52 Å². The maximum absolute atomic E-state index is 14.8. The largest absolute Gasteiger partial charge is 0.277 e. The van der Waals surface area contributed by atoms with Gasteiger partial charge in [-0.2, -0.15) is 5.10 Å². The molecule has 5 heteroatoms. The van der Waals surface area contributed by atoms with Crippen LogP contribution in [-0.4, -0.2) is 20.9 Å². The van der Waals surface area contributed by atoms with Gasteiger partial charge in [-0.1, -0.05) is 26.0 Å². The fourth-order valence-corrected chi connectivity index (χ4v) is 4.04. The Morgan fingerprint density at radius 2 is 1.84 bits per heavy atom. The summed E-state index contributed by atoms with van der Waals surface area (Å²) in [7, 11) is 0. The Morgan fingerprint density at radius 1 is 1.08 bits per heavy atom. The normalized spacial score (nSPS) is 18.1. The zero-order chi connectivity index (χ0) is 18.0. The lowest BCUT2D eigenvalue weighted by Crippen LogP contribution is -2.46. The number of nitrogens with zero attached hydrogens (tertiary/aromatic N) is 3. The van der Waals surface area contributed by atoms with Crippen molar-refractivity contribution in [3.63, 3.8) is 0 Å². The molecule has 1 aromatic carbocycles. The van der Waals surface area contributed by atoms with E-state index >= 15 is 0 Å². The van der Waals surface area contributed by atoms with Gasteiger partial charge in [0.25, 0.3) is 0 Å². The summed E-state index contributed by atoms with van der Waals surface area (Å²) in [6.07, 6.45) is 1.82. The van der Waals surface area contributed by atoms with Gasteiger partial charge >= 0.3 is 0 Å². The van der Waals surface area contributed by atoms with E-state index in [0.717, 1.165) is 31.6 Å². The molecule has 3 nitrogen and oxygen atoms in total. The molecule has 0 saturated carbocycles. The molecule has 25 heavy (non-hydrogen) atoms. The van der Waals surface area contributed by atoms with Crippen LogP contribution < -0.4 is 0 Å². The molecule has 0 saturated heterocycles. The molecule has 4 rings (SSSR count). The molecule has 128 valence electrons. The highest BCUT2D eigenvalue weighted by molar-refractivity contribution is 14.1. The number of hydrogen-bond acceptors (Lipinski definition) is 2. The third kappa shape index (κ3) is 2.35. The van der Waals surface area contributed by atoms with Crippen LogP contribution in [0.1, 0.15) is 44.4 Å². The molecule has 0 fully saturated rings. The zero-order valence-corrected chi connectivity index (χ0v) is 16.8. The lowest BCUT2D eigenvalue weighted by Gasteiger charge is -2.44. The average Bonchev–Trinajstić information content (AvgIpc) is 2.92. The Hall–Kier alpha value is -1.76. The highest BCUT2D eigenvalue weighted by Crippen LogP contribution is 2.44. The maximum atomic E-state index is 14.8. The molecule has 0 unspecified atom stereocenters. The molecule has 0 bridgehead atoms. The Morgan fingerprint density at radius 3 is 2.60 bits per heavy atom. The lowest BCUT2D eigenvalue weighted by molar-refractivity contribution is 0.293. The minimum Gasteiger partial charge on any atom is -0.277 e. The summed E-state index contributed by atoms with van der Waals surface area (Å²) in [6.45, 7) is 8.25. The van der Waals surface area contributed by atoms with Gasteiger partial charge in [0, 0.05) is 22.1 Å². The van der Waals surface area contributed by atoms with Gasteiger partial charge in [-0.15, -0.1) is 0 Å². The summed E-state index contributed by atoms with van der Waals surface area (Å²) in [5.41, 5.74) is 3.48. The zero-order valence-electron chi connectivity index (χ0n) is 14.6. The summed E-state index contributed by atoms with van der Waals surface area (Å²) < 4.78 is 17.7. The van der Waals surface area contributed by atoms with Gasteiger partial charge < -0.3 is 0 Å². The van der Waals surface area contributed by atoms with Crippen molar-refractivity contribution in [3.05, 3.63) is 68.8 Å². The molecule has 3 aromatic rings. The number of fused-ring (bicyclic) bond motifs is 2. The van der Waals surface area contributed by atoms with Crippen molar-refractivity contribution < 1.29 is 4.39 Å². The van der Waals surface area contributed by atoms with Crippen LogP contribution in [0.3, 0.4) is 0 Å². The van der Waals surface area contributed by atoms with Gasteiger partial charge in [0.05, 0.1) is 23.0 Å². The quantitative estimate of drug-likeness (QED) is 0.484. The molecule has 0 N–H and O–H groups in total. The van der Waals surface area contributed by atoms with Gasteiger partial charge in [-0.3, -0.25) is 4.99 Å². The number of rotatable bonds is 1. The van der Waals surface area contributed by atoms with Crippen LogP contribution in [-0.2, 0) is 5.41 Å². The predicted molar refractivity (Wildman–Crippen MR) is 107 cm³/mol. The van der Waals surface area contributed by atoms with Gasteiger partial charge in [0.15, 0.2) is 0 Å². The standard InChI is InChI=1S/C20H19FIN3/c1-19(2)17-14(6-5-7-15(17)21)18(24-20(19,3)4)12-10-13-8-9-16(22)25(13)23-11-12/h5-11H,1-4H3. The fraction of sp³-hybridized carbons (Fsp3) is 0.300. The van der Waals surface area contributed by atoms with E-state index < -0.39 is 11.0 Å². The first-order chi connectivity index (χ1) is 11.7. The maximum Gasteiger partial charge on any atom is 0.127 e. The molecular formula is C20H19FIN3. The summed E-state index contributed by atoms with van der Waals surface area (Å²) in [6, 6.07) is 11.4. The van der Waals surface area contributed by atoms with Crippen molar-refractivity contribution in [3.8, 4) is 0 Å². The molecule has 0 radical (unpaired) electrons. The van der Waals surface area contributed by atoms with Crippen molar-refractivity contribution in [2.24, 2.45) is 4.99 Å². The second kappa shape index (κ2) is 5.37. The van der Waals surface area contributed by atoms with E-state index in [9.17, 15) is 4.39 Å². The van der Waals surface area contributed by atoms with E-state index in [1.165, 1.54) is 6.07 Å². The first kappa shape index (κ1) is 16.7. The third-order valence-corrected chi connectivity index (χ3v) is 6.36. The van der Waals surface area contributed by atoms with E-state index in [-0.39, 0.29) is 5.82 Å². The smallest absolute Gasteiger partial charge is 0.127 e. The van der Waals surface area contributed by atoms with E-state index in [1.807, 2.05) is 28.9 Å². The molecule has 0 amide bonds. The first-order valence-corrected chi connectivity index (χ1v) is 9.33. The first-order valence-electron chi connectivity index (χ1n) is 8.25. The number of aromatic nitrogens is 2. The van der Waals surface area contributed by atoms with Crippen molar-refractivity contribution >= 4 is 33.8 Å².